The lowest BCUT2D eigenvalue weighted by molar-refractivity contribution is 0.0970. The van der Waals surface area contributed by atoms with Gasteiger partial charge in [0.1, 0.15) is 5.75 Å². The van der Waals surface area contributed by atoms with Crippen LogP contribution in [-0.2, 0) is 17.8 Å². The molecule has 0 unspecified atom stereocenters. The van der Waals surface area contributed by atoms with E-state index < -0.39 is 0 Å². The minimum atomic E-state index is 0.242. The number of hydrogen-bond acceptors (Lipinski definition) is 3. The van der Waals surface area contributed by atoms with Crippen molar-refractivity contribution in [3.63, 3.8) is 0 Å². The van der Waals surface area contributed by atoms with Gasteiger partial charge in [-0.15, -0.1) is 0 Å². The molecule has 3 heteroatoms. The third kappa shape index (κ3) is 2.34. The monoisotopic (exact) mass is 234 g/mol. The van der Waals surface area contributed by atoms with Crippen molar-refractivity contribution < 1.29 is 14.3 Å². The smallest absolute Gasteiger partial charge is 0.163 e. The third-order valence-electron chi connectivity index (χ3n) is 3.19. The molecule has 2 rings (SSSR count). The van der Waals surface area contributed by atoms with Crippen LogP contribution in [0.25, 0.3) is 0 Å². The molecule has 0 aromatic heterocycles. The summed E-state index contributed by atoms with van der Waals surface area (Å²) in [6.45, 7) is 3.16. The second-order valence-electron chi connectivity index (χ2n) is 4.19. The van der Waals surface area contributed by atoms with Crippen LogP contribution in [0, 0.1) is 0 Å². The van der Waals surface area contributed by atoms with E-state index in [0.717, 1.165) is 35.3 Å². The van der Waals surface area contributed by atoms with E-state index in [0.29, 0.717) is 19.6 Å². The van der Waals surface area contributed by atoms with Crippen molar-refractivity contribution in [1.82, 2.24) is 0 Å². The number of fused-ring (bicyclic) bond motifs is 1. The van der Waals surface area contributed by atoms with E-state index in [2.05, 4.69) is 0 Å². The van der Waals surface area contributed by atoms with Gasteiger partial charge in [-0.3, -0.25) is 4.79 Å². The lowest BCUT2D eigenvalue weighted by atomic mass is 9.87. The van der Waals surface area contributed by atoms with Crippen molar-refractivity contribution in [2.45, 2.75) is 32.8 Å². The second kappa shape index (κ2) is 5.32. The van der Waals surface area contributed by atoms with Crippen LogP contribution in [0.3, 0.4) is 0 Å². The zero-order valence-corrected chi connectivity index (χ0v) is 10.4. The average Bonchev–Trinajstić information content (AvgIpc) is 2.36. The highest BCUT2D eigenvalue weighted by Crippen LogP contribution is 2.31. The first-order valence-corrected chi connectivity index (χ1v) is 6.07. The largest absolute Gasteiger partial charge is 0.496 e. The molecule has 0 spiro atoms. The summed E-state index contributed by atoms with van der Waals surface area (Å²) in [6.07, 6.45) is 2.53. The maximum absolute atomic E-state index is 11.8. The maximum Gasteiger partial charge on any atom is 0.163 e. The van der Waals surface area contributed by atoms with Gasteiger partial charge < -0.3 is 9.47 Å². The Balaban J connectivity index is 2.44. The standard InChI is InChI=1S/C14H18O3/c1-3-17-9-12-10-5-4-6-13(15)11(10)7-8-14(12)16-2/h7-8H,3-6,9H2,1-2H3. The second-order valence-corrected chi connectivity index (χ2v) is 4.19. The van der Waals surface area contributed by atoms with Crippen LogP contribution in [0.15, 0.2) is 12.1 Å². The van der Waals surface area contributed by atoms with Crippen LogP contribution in [0.5, 0.6) is 5.75 Å². The number of carbonyl (C=O) groups excluding carboxylic acids is 1. The van der Waals surface area contributed by atoms with Crippen LogP contribution in [-0.4, -0.2) is 19.5 Å². The fourth-order valence-electron chi connectivity index (χ4n) is 2.33. The van der Waals surface area contributed by atoms with Gasteiger partial charge >= 0.3 is 0 Å². The van der Waals surface area contributed by atoms with E-state index in [4.69, 9.17) is 9.47 Å². The summed E-state index contributed by atoms with van der Waals surface area (Å²) >= 11 is 0. The highest BCUT2D eigenvalue weighted by atomic mass is 16.5. The molecular formula is C14H18O3. The predicted molar refractivity (Wildman–Crippen MR) is 65.6 cm³/mol. The Kier molecular flexibility index (Phi) is 3.79. The molecule has 0 saturated heterocycles. The van der Waals surface area contributed by atoms with Crippen molar-refractivity contribution in [3.8, 4) is 5.75 Å². The van der Waals surface area contributed by atoms with E-state index in [9.17, 15) is 4.79 Å². The molecule has 0 heterocycles. The Bertz CT molecular complexity index is 424. The lowest BCUT2D eigenvalue weighted by Gasteiger charge is -2.20. The van der Waals surface area contributed by atoms with Crippen molar-refractivity contribution in [2.24, 2.45) is 0 Å². The molecule has 0 amide bonds. The van der Waals surface area contributed by atoms with E-state index in [1.165, 1.54) is 0 Å². The van der Waals surface area contributed by atoms with Gasteiger partial charge in [0, 0.05) is 24.2 Å². The minimum absolute atomic E-state index is 0.242. The number of Topliss-reactive ketones (excluding diaryl/α,β-unsaturated/α-hetero) is 1. The van der Waals surface area contributed by atoms with Crippen molar-refractivity contribution >= 4 is 5.78 Å². The quantitative estimate of drug-likeness (QED) is 0.803. The minimum Gasteiger partial charge on any atom is -0.496 e. The van der Waals surface area contributed by atoms with Gasteiger partial charge in [0.15, 0.2) is 5.78 Å². The molecule has 0 radical (unpaired) electrons. The summed E-state index contributed by atoms with van der Waals surface area (Å²) in [6, 6.07) is 3.75. The van der Waals surface area contributed by atoms with E-state index in [-0.39, 0.29) is 5.78 Å². The molecule has 0 saturated carbocycles. The lowest BCUT2D eigenvalue weighted by Crippen LogP contribution is -2.14. The van der Waals surface area contributed by atoms with Gasteiger partial charge in [-0.25, -0.2) is 0 Å². The fourth-order valence-corrected chi connectivity index (χ4v) is 2.33. The van der Waals surface area contributed by atoms with E-state index in [1.54, 1.807) is 7.11 Å². The first-order valence-electron chi connectivity index (χ1n) is 6.07. The van der Waals surface area contributed by atoms with Crippen LogP contribution in [0.1, 0.15) is 41.3 Å². The number of ether oxygens (including phenoxy) is 2. The Morgan fingerprint density at radius 2 is 2.12 bits per heavy atom. The van der Waals surface area contributed by atoms with Crippen molar-refractivity contribution in [2.75, 3.05) is 13.7 Å². The molecule has 0 atom stereocenters. The van der Waals surface area contributed by atoms with Gasteiger partial charge in [0.05, 0.1) is 13.7 Å². The van der Waals surface area contributed by atoms with E-state index in [1.807, 2.05) is 19.1 Å². The normalized spacial score (nSPS) is 14.6. The van der Waals surface area contributed by atoms with Crippen molar-refractivity contribution in [1.29, 1.82) is 0 Å². The molecular weight excluding hydrogens is 216 g/mol. The van der Waals surface area contributed by atoms with Gasteiger partial charge in [-0.1, -0.05) is 0 Å². The molecule has 0 bridgehead atoms. The number of rotatable bonds is 4. The average molecular weight is 234 g/mol. The Morgan fingerprint density at radius 3 is 2.82 bits per heavy atom. The first kappa shape index (κ1) is 12.1. The summed E-state index contributed by atoms with van der Waals surface area (Å²) in [5, 5.41) is 0. The zero-order chi connectivity index (χ0) is 12.3. The first-order chi connectivity index (χ1) is 8.27. The highest BCUT2D eigenvalue weighted by Gasteiger charge is 2.22. The number of methoxy groups -OCH3 is 1. The summed E-state index contributed by atoms with van der Waals surface area (Å²) in [7, 11) is 1.65. The number of hydrogen-bond donors (Lipinski definition) is 0. The van der Waals surface area contributed by atoms with Gasteiger partial charge in [-0.2, -0.15) is 0 Å². The van der Waals surface area contributed by atoms with Crippen LogP contribution >= 0.6 is 0 Å². The van der Waals surface area contributed by atoms with Crippen LogP contribution in [0.4, 0.5) is 0 Å². The van der Waals surface area contributed by atoms with Gasteiger partial charge in [-0.05, 0) is 37.5 Å². The van der Waals surface area contributed by atoms with Crippen LogP contribution < -0.4 is 4.74 Å². The summed E-state index contributed by atoms with van der Waals surface area (Å²) in [5.74, 6) is 1.07. The number of carbonyl (C=O) groups is 1. The maximum atomic E-state index is 11.8. The Morgan fingerprint density at radius 1 is 1.29 bits per heavy atom. The molecule has 1 aliphatic rings. The number of ketones is 1. The highest BCUT2D eigenvalue weighted by molar-refractivity contribution is 5.99. The molecule has 1 aliphatic carbocycles. The third-order valence-corrected chi connectivity index (χ3v) is 3.19. The molecule has 92 valence electrons. The molecule has 0 fully saturated rings. The topological polar surface area (TPSA) is 35.5 Å². The zero-order valence-electron chi connectivity index (χ0n) is 10.4. The Labute approximate surface area is 102 Å². The molecule has 1 aromatic carbocycles. The predicted octanol–water partition coefficient (Wildman–Crippen LogP) is 2.75. The Hall–Kier alpha value is -1.35. The summed E-state index contributed by atoms with van der Waals surface area (Å²) in [5.41, 5.74) is 3.01. The van der Waals surface area contributed by atoms with Crippen molar-refractivity contribution in [3.05, 3.63) is 28.8 Å². The molecule has 3 nitrogen and oxygen atoms in total. The van der Waals surface area contributed by atoms with Gasteiger partial charge in [0.2, 0.25) is 0 Å². The molecule has 1 aromatic rings. The fraction of sp³-hybridized carbons (Fsp3) is 0.500. The molecule has 17 heavy (non-hydrogen) atoms. The SMILES string of the molecule is CCOCc1c(OC)ccc2c1CCCC2=O. The number of benzene rings is 1. The molecule has 0 N–H and O–H groups in total. The summed E-state index contributed by atoms with van der Waals surface area (Å²) in [4.78, 5) is 11.8. The molecule has 0 aliphatic heterocycles. The van der Waals surface area contributed by atoms with Crippen LogP contribution in [0.2, 0.25) is 0 Å². The van der Waals surface area contributed by atoms with Gasteiger partial charge in [0.25, 0.3) is 0 Å². The van der Waals surface area contributed by atoms with E-state index >= 15 is 0 Å². The summed E-state index contributed by atoms with van der Waals surface area (Å²) < 4.78 is 10.8.